The molecule has 3 heterocycles. The number of likely N-dealkylation sites (tertiary alicyclic amines) is 1. The van der Waals surface area contributed by atoms with E-state index in [0.717, 1.165) is 25.9 Å². The Balaban J connectivity index is 1.32. The first-order valence-corrected chi connectivity index (χ1v) is 12.8. The van der Waals surface area contributed by atoms with Crippen molar-refractivity contribution < 1.29 is 18.0 Å². The second-order valence-corrected chi connectivity index (χ2v) is 10.3. The van der Waals surface area contributed by atoms with E-state index in [9.17, 15) is 18.0 Å². The third-order valence-corrected chi connectivity index (χ3v) is 7.74. The van der Waals surface area contributed by atoms with E-state index >= 15 is 0 Å². The molecule has 9 nitrogen and oxygen atoms in total. The fourth-order valence-electron chi connectivity index (χ4n) is 4.48. The minimum absolute atomic E-state index is 0.139. The molecule has 0 bridgehead atoms. The highest BCUT2D eigenvalue weighted by Crippen LogP contribution is 2.23. The zero-order chi connectivity index (χ0) is 22.7. The standard InChI is InChI=1S/C22H31N5O4S/c1-17(23-21-18-8-4-5-9-19(18)32(30,31)24-21)22(29)27-14-12-25(13-15-27)16-20(28)26-10-6-2-3-7-11-26/h4-5,8-9,17H,2-3,6-7,10-16H2,1H3,(H,23,24)/t17-/m0/s1. The molecular weight excluding hydrogens is 430 g/mol. The van der Waals surface area contributed by atoms with Gasteiger partial charge in [-0.25, -0.2) is 8.42 Å². The zero-order valence-corrected chi connectivity index (χ0v) is 19.3. The Morgan fingerprint density at radius 1 is 0.969 bits per heavy atom. The third-order valence-electron chi connectivity index (χ3n) is 6.34. The second-order valence-electron chi connectivity index (χ2n) is 8.65. The minimum atomic E-state index is -3.63. The fraction of sp³-hybridized carbons (Fsp3) is 0.591. The van der Waals surface area contributed by atoms with Crippen LogP contribution in [0.1, 0.15) is 38.2 Å². The number of amides is 2. The van der Waals surface area contributed by atoms with Crippen LogP contribution < -0.4 is 4.72 Å². The first kappa shape index (κ1) is 22.7. The van der Waals surface area contributed by atoms with E-state index in [1.807, 2.05) is 4.90 Å². The Labute approximate surface area is 189 Å². The van der Waals surface area contributed by atoms with Crippen LogP contribution in [0.2, 0.25) is 0 Å². The van der Waals surface area contributed by atoms with Crippen molar-refractivity contribution in [3.05, 3.63) is 29.8 Å². The number of hydrogen-bond donors (Lipinski definition) is 1. The maximum absolute atomic E-state index is 12.9. The van der Waals surface area contributed by atoms with E-state index < -0.39 is 16.1 Å². The van der Waals surface area contributed by atoms with Gasteiger partial charge in [0.25, 0.3) is 10.0 Å². The first-order valence-electron chi connectivity index (χ1n) is 11.3. The quantitative estimate of drug-likeness (QED) is 0.710. The van der Waals surface area contributed by atoms with E-state index in [-0.39, 0.29) is 22.5 Å². The number of sulfonamides is 1. The normalized spacial score (nSPS) is 23.3. The van der Waals surface area contributed by atoms with Crippen molar-refractivity contribution in [3.63, 3.8) is 0 Å². The summed E-state index contributed by atoms with van der Waals surface area (Å²) in [6.07, 6.45) is 4.55. The summed E-state index contributed by atoms with van der Waals surface area (Å²) < 4.78 is 27.0. The summed E-state index contributed by atoms with van der Waals surface area (Å²) in [5, 5.41) is 0. The Morgan fingerprint density at radius 2 is 1.62 bits per heavy atom. The molecule has 1 aromatic carbocycles. The van der Waals surface area contributed by atoms with Crippen molar-refractivity contribution in [3.8, 4) is 0 Å². The van der Waals surface area contributed by atoms with E-state index in [4.69, 9.17) is 0 Å². The molecule has 10 heteroatoms. The summed E-state index contributed by atoms with van der Waals surface area (Å²) >= 11 is 0. The van der Waals surface area contributed by atoms with Gasteiger partial charge in [0.2, 0.25) is 11.8 Å². The lowest BCUT2D eigenvalue weighted by Gasteiger charge is -2.36. The summed E-state index contributed by atoms with van der Waals surface area (Å²) in [7, 11) is -3.63. The molecule has 174 valence electrons. The fourth-order valence-corrected chi connectivity index (χ4v) is 5.72. The molecule has 0 radical (unpaired) electrons. The van der Waals surface area contributed by atoms with Gasteiger partial charge in [0, 0.05) is 44.8 Å². The average Bonchev–Trinajstić information content (AvgIpc) is 2.96. The lowest BCUT2D eigenvalue weighted by atomic mass is 10.2. The molecule has 0 saturated carbocycles. The van der Waals surface area contributed by atoms with Crippen molar-refractivity contribution in [2.24, 2.45) is 4.99 Å². The molecule has 3 aliphatic heterocycles. The molecule has 1 aromatic rings. The molecule has 2 saturated heterocycles. The molecule has 0 spiro atoms. The van der Waals surface area contributed by atoms with Gasteiger partial charge in [0.1, 0.15) is 11.9 Å². The second kappa shape index (κ2) is 9.58. The van der Waals surface area contributed by atoms with Crippen LogP contribution in [0.4, 0.5) is 0 Å². The summed E-state index contributed by atoms with van der Waals surface area (Å²) in [6, 6.07) is 5.91. The number of benzene rings is 1. The lowest BCUT2D eigenvalue weighted by Crippen LogP contribution is -2.53. The summed E-state index contributed by atoms with van der Waals surface area (Å²) in [5.74, 6) is 0.251. The number of fused-ring (bicyclic) bond motifs is 1. The van der Waals surface area contributed by atoms with Crippen LogP contribution in [0.5, 0.6) is 0 Å². The van der Waals surface area contributed by atoms with Crippen LogP contribution in [0.3, 0.4) is 0 Å². The van der Waals surface area contributed by atoms with Crippen molar-refractivity contribution in [1.29, 1.82) is 0 Å². The molecule has 32 heavy (non-hydrogen) atoms. The number of aliphatic imine (C=N–C) groups is 1. The Kier molecular flexibility index (Phi) is 6.80. The molecule has 0 unspecified atom stereocenters. The monoisotopic (exact) mass is 461 g/mol. The van der Waals surface area contributed by atoms with E-state index in [1.54, 1.807) is 30.0 Å². The number of nitrogens with one attached hydrogen (secondary N) is 1. The van der Waals surface area contributed by atoms with Gasteiger partial charge < -0.3 is 9.80 Å². The topological polar surface area (TPSA) is 102 Å². The van der Waals surface area contributed by atoms with Crippen LogP contribution in [-0.4, -0.2) is 92.6 Å². The Morgan fingerprint density at radius 3 is 2.31 bits per heavy atom. The van der Waals surface area contributed by atoms with Crippen LogP contribution in [0.15, 0.2) is 34.2 Å². The zero-order valence-electron chi connectivity index (χ0n) is 18.5. The van der Waals surface area contributed by atoms with Crippen molar-refractivity contribution >= 4 is 27.7 Å². The van der Waals surface area contributed by atoms with E-state index in [0.29, 0.717) is 38.3 Å². The van der Waals surface area contributed by atoms with Crippen LogP contribution in [0.25, 0.3) is 0 Å². The maximum Gasteiger partial charge on any atom is 0.263 e. The molecular formula is C22H31N5O4S. The summed E-state index contributed by atoms with van der Waals surface area (Å²) in [4.78, 5) is 35.9. The van der Waals surface area contributed by atoms with Crippen molar-refractivity contribution in [2.45, 2.75) is 43.5 Å². The summed E-state index contributed by atoms with van der Waals surface area (Å²) in [6.45, 7) is 6.13. The van der Waals surface area contributed by atoms with Gasteiger partial charge in [-0.2, -0.15) is 0 Å². The highest BCUT2D eigenvalue weighted by molar-refractivity contribution is 7.90. The van der Waals surface area contributed by atoms with Crippen LogP contribution >= 0.6 is 0 Å². The van der Waals surface area contributed by atoms with E-state index in [1.165, 1.54) is 18.9 Å². The third kappa shape index (κ3) is 4.96. The van der Waals surface area contributed by atoms with Crippen molar-refractivity contribution in [2.75, 3.05) is 45.8 Å². The Hall–Kier alpha value is -2.46. The summed E-state index contributed by atoms with van der Waals surface area (Å²) in [5.41, 5.74) is 0.490. The number of nitrogens with zero attached hydrogens (tertiary/aromatic N) is 4. The number of piperazine rings is 1. The Bertz CT molecular complexity index is 993. The molecule has 2 fully saturated rings. The lowest BCUT2D eigenvalue weighted by molar-refractivity contribution is -0.135. The van der Waals surface area contributed by atoms with Crippen LogP contribution in [0, 0.1) is 0 Å². The SMILES string of the molecule is C[C@H](N=C1NS(=O)(=O)c2ccccc21)C(=O)N1CCN(CC(=O)N2CCCCCC2)CC1. The van der Waals surface area contributed by atoms with Gasteiger partial charge in [-0.05, 0) is 31.9 Å². The van der Waals surface area contributed by atoms with Gasteiger partial charge in [-0.1, -0.05) is 25.0 Å². The molecule has 0 aliphatic carbocycles. The molecule has 4 rings (SSSR count). The number of carbonyl (C=O) groups excluding carboxylic acids is 2. The largest absolute Gasteiger partial charge is 0.342 e. The minimum Gasteiger partial charge on any atom is -0.342 e. The molecule has 1 N–H and O–H groups in total. The molecule has 3 aliphatic rings. The van der Waals surface area contributed by atoms with Gasteiger partial charge in [0.15, 0.2) is 0 Å². The predicted octanol–water partition coefficient (Wildman–Crippen LogP) is 0.660. The maximum atomic E-state index is 12.9. The predicted molar refractivity (Wildman–Crippen MR) is 121 cm³/mol. The molecule has 0 aromatic heterocycles. The highest BCUT2D eigenvalue weighted by atomic mass is 32.2. The smallest absolute Gasteiger partial charge is 0.263 e. The van der Waals surface area contributed by atoms with Gasteiger partial charge in [-0.3, -0.25) is 24.2 Å². The van der Waals surface area contributed by atoms with Gasteiger partial charge in [0.05, 0.1) is 11.4 Å². The van der Waals surface area contributed by atoms with Gasteiger partial charge >= 0.3 is 0 Å². The number of carbonyl (C=O) groups is 2. The average molecular weight is 462 g/mol. The number of hydrogen-bond acceptors (Lipinski definition) is 6. The van der Waals surface area contributed by atoms with Gasteiger partial charge in [-0.15, -0.1) is 0 Å². The number of amidine groups is 1. The molecule has 1 atom stereocenters. The molecule has 2 amide bonds. The van der Waals surface area contributed by atoms with E-state index in [2.05, 4.69) is 14.6 Å². The first-order chi connectivity index (χ1) is 15.3. The highest BCUT2D eigenvalue weighted by Gasteiger charge is 2.32. The number of rotatable bonds is 4. The van der Waals surface area contributed by atoms with Crippen LogP contribution in [-0.2, 0) is 19.6 Å². The van der Waals surface area contributed by atoms with Crippen molar-refractivity contribution in [1.82, 2.24) is 19.4 Å².